The van der Waals surface area contributed by atoms with E-state index in [-0.39, 0.29) is 11.5 Å². The predicted molar refractivity (Wildman–Crippen MR) is 91.4 cm³/mol. The highest BCUT2D eigenvalue weighted by atomic mass is 16.6. The molecule has 0 radical (unpaired) electrons. The third kappa shape index (κ3) is 5.54. The van der Waals surface area contributed by atoms with Crippen molar-refractivity contribution < 1.29 is 39.2 Å². The van der Waals surface area contributed by atoms with Gasteiger partial charge in [-0.2, -0.15) is 0 Å². The Balaban J connectivity index is 3.12. The Hall–Kier alpha value is -2.97. The lowest BCUT2D eigenvalue weighted by Crippen LogP contribution is -2.32. The monoisotopic (exact) mass is 364 g/mol. The number of rotatable bonds is 11. The standard InChI is InChI=1S/C18H20O8/c1-3-14(21)17(11(2)18(23)24)15(22)7-5-12-4-6-13(25-9-19)8-16(12)26-10-20/h3-8,11,17,19-20H,1,9-10H2,2H3,(H,23,24)/b7-5+. The highest BCUT2D eigenvalue weighted by Gasteiger charge is 2.33. The Morgan fingerprint density at radius 2 is 1.81 bits per heavy atom. The molecule has 0 bridgehead atoms. The van der Waals surface area contributed by atoms with Gasteiger partial charge in [0.15, 0.2) is 25.2 Å². The second-order valence-corrected chi connectivity index (χ2v) is 5.19. The van der Waals surface area contributed by atoms with Crippen LogP contribution in [0.4, 0.5) is 0 Å². The number of aliphatic hydroxyl groups excluding tert-OH is 2. The maximum atomic E-state index is 12.3. The molecule has 1 rings (SSSR count). The summed E-state index contributed by atoms with van der Waals surface area (Å²) in [5, 5.41) is 26.8. The minimum absolute atomic E-state index is 0.167. The summed E-state index contributed by atoms with van der Waals surface area (Å²) in [6.07, 6.45) is 3.31. The Morgan fingerprint density at radius 1 is 1.15 bits per heavy atom. The Morgan fingerprint density at radius 3 is 2.35 bits per heavy atom. The quantitative estimate of drug-likeness (QED) is 0.301. The van der Waals surface area contributed by atoms with Crippen LogP contribution in [0.1, 0.15) is 12.5 Å². The van der Waals surface area contributed by atoms with Crippen LogP contribution in [0, 0.1) is 11.8 Å². The van der Waals surface area contributed by atoms with E-state index in [0.717, 1.165) is 12.2 Å². The molecule has 0 saturated heterocycles. The molecule has 0 aliphatic carbocycles. The van der Waals surface area contributed by atoms with E-state index < -0.39 is 43.0 Å². The van der Waals surface area contributed by atoms with Gasteiger partial charge in [-0.1, -0.05) is 13.5 Å². The number of hydrogen-bond acceptors (Lipinski definition) is 7. The van der Waals surface area contributed by atoms with Crippen molar-refractivity contribution in [2.75, 3.05) is 13.6 Å². The fourth-order valence-corrected chi connectivity index (χ4v) is 2.19. The largest absolute Gasteiger partial charge is 0.481 e. The van der Waals surface area contributed by atoms with Crippen LogP contribution in [0.5, 0.6) is 11.5 Å². The van der Waals surface area contributed by atoms with Crippen molar-refractivity contribution in [2.24, 2.45) is 11.8 Å². The molecule has 140 valence electrons. The first-order valence-corrected chi connectivity index (χ1v) is 7.58. The van der Waals surface area contributed by atoms with E-state index in [1.807, 2.05) is 0 Å². The van der Waals surface area contributed by atoms with E-state index in [0.29, 0.717) is 5.56 Å². The van der Waals surface area contributed by atoms with Crippen molar-refractivity contribution in [3.8, 4) is 11.5 Å². The van der Waals surface area contributed by atoms with Crippen molar-refractivity contribution in [3.63, 3.8) is 0 Å². The van der Waals surface area contributed by atoms with Crippen molar-refractivity contribution in [1.29, 1.82) is 0 Å². The fourth-order valence-electron chi connectivity index (χ4n) is 2.19. The van der Waals surface area contributed by atoms with E-state index in [1.54, 1.807) is 0 Å². The number of aliphatic carboxylic acids is 1. The zero-order chi connectivity index (χ0) is 19.7. The Bertz CT molecular complexity index is 707. The number of ketones is 2. The first-order chi connectivity index (χ1) is 12.3. The smallest absolute Gasteiger partial charge is 0.307 e. The highest BCUT2D eigenvalue weighted by Crippen LogP contribution is 2.26. The summed E-state index contributed by atoms with van der Waals surface area (Å²) in [6, 6.07) is 4.39. The zero-order valence-electron chi connectivity index (χ0n) is 14.1. The topological polar surface area (TPSA) is 130 Å². The molecule has 0 saturated carbocycles. The van der Waals surface area contributed by atoms with Crippen LogP contribution in [-0.4, -0.2) is 46.4 Å². The number of benzene rings is 1. The molecule has 8 heteroatoms. The summed E-state index contributed by atoms with van der Waals surface area (Å²) in [6.45, 7) is 3.37. The van der Waals surface area contributed by atoms with Gasteiger partial charge in [-0.05, 0) is 30.4 Å². The molecule has 0 spiro atoms. The second-order valence-electron chi connectivity index (χ2n) is 5.19. The molecule has 26 heavy (non-hydrogen) atoms. The van der Waals surface area contributed by atoms with Crippen molar-refractivity contribution in [3.05, 3.63) is 42.5 Å². The van der Waals surface area contributed by atoms with Crippen molar-refractivity contribution in [2.45, 2.75) is 6.92 Å². The highest BCUT2D eigenvalue weighted by molar-refractivity contribution is 6.14. The van der Waals surface area contributed by atoms with Crippen LogP contribution < -0.4 is 9.47 Å². The lowest BCUT2D eigenvalue weighted by atomic mass is 9.86. The van der Waals surface area contributed by atoms with Gasteiger partial charge in [-0.25, -0.2) is 0 Å². The van der Waals surface area contributed by atoms with Crippen molar-refractivity contribution in [1.82, 2.24) is 0 Å². The van der Waals surface area contributed by atoms with E-state index in [9.17, 15) is 14.4 Å². The summed E-state index contributed by atoms with van der Waals surface area (Å²) in [4.78, 5) is 35.3. The number of carboxylic acid groups (broad SMARTS) is 1. The third-order valence-corrected chi connectivity index (χ3v) is 3.57. The van der Waals surface area contributed by atoms with Crippen LogP contribution in [0.3, 0.4) is 0 Å². The van der Waals surface area contributed by atoms with Gasteiger partial charge < -0.3 is 24.8 Å². The second kappa shape index (κ2) is 10.1. The molecular weight excluding hydrogens is 344 g/mol. The number of aliphatic hydroxyl groups is 2. The Kier molecular flexibility index (Phi) is 8.20. The van der Waals surface area contributed by atoms with Gasteiger partial charge in [-0.3, -0.25) is 14.4 Å². The Labute approximate surface area is 150 Å². The number of hydrogen-bond donors (Lipinski definition) is 3. The number of ether oxygens (including phenoxy) is 2. The first kappa shape index (κ1) is 21.1. The minimum atomic E-state index is -1.39. The molecule has 0 heterocycles. The number of allylic oxidation sites excluding steroid dienone is 2. The average molecular weight is 364 g/mol. The lowest BCUT2D eigenvalue weighted by Gasteiger charge is -2.15. The average Bonchev–Trinajstić information content (AvgIpc) is 2.61. The fraction of sp³-hybridized carbons (Fsp3) is 0.278. The molecule has 0 amide bonds. The number of carbonyl (C=O) groups is 3. The van der Waals surface area contributed by atoms with Crippen LogP contribution in [-0.2, 0) is 14.4 Å². The van der Waals surface area contributed by atoms with Gasteiger partial charge in [0, 0.05) is 11.6 Å². The van der Waals surface area contributed by atoms with E-state index >= 15 is 0 Å². The minimum Gasteiger partial charge on any atom is -0.481 e. The van der Waals surface area contributed by atoms with Gasteiger partial charge in [0.25, 0.3) is 0 Å². The first-order valence-electron chi connectivity index (χ1n) is 7.58. The molecule has 0 aliphatic heterocycles. The van der Waals surface area contributed by atoms with E-state index in [4.69, 9.17) is 24.8 Å². The molecular formula is C18H20O8. The zero-order valence-corrected chi connectivity index (χ0v) is 14.1. The summed E-state index contributed by atoms with van der Waals surface area (Å²) >= 11 is 0. The van der Waals surface area contributed by atoms with Crippen LogP contribution >= 0.6 is 0 Å². The molecule has 0 aliphatic rings. The van der Waals surface area contributed by atoms with Gasteiger partial charge in [0.05, 0.1) is 11.8 Å². The molecule has 8 nitrogen and oxygen atoms in total. The van der Waals surface area contributed by atoms with Gasteiger partial charge in [-0.15, -0.1) is 0 Å². The molecule has 0 fully saturated rings. The summed E-state index contributed by atoms with van der Waals surface area (Å²) < 4.78 is 9.92. The molecule has 1 aromatic carbocycles. The number of carboxylic acids is 1. The SMILES string of the molecule is C=CC(=O)C(C(=O)/C=C/c1ccc(OCO)cc1OCO)C(C)C(=O)O. The normalized spacial score (nSPS) is 13.0. The van der Waals surface area contributed by atoms with Crippen LogP contribution in [0.25, 0.3) is 6.08 Å². The van der Waals surface area contributed by atoms with E-state index in [1.165, 1.54) is 31.2 Å². The molecule has 3 N–H and O–H groups in total. The van der Waals surface area contributed by atoms with Crippen LogP contribution in [0.2, 0.25) is 0 Å². The maximum absolute atomic E-state index is 12.3. The van der Waals surface area contributed by atoms with E-state index in [2.05, 4.69) is 6.58 Å². The maximum Gasteiger partial charge on any atom is 0.307 e. The number of carbonyl (C=O) groups excluding carboxylic acids is 2. The van der Waals surface area contributed by atoms with Crippen molar-refractivity contribution >= 4 is 23.6 Å². The molecule has 1 aromatic rings. The summed E-state index contributed by atoms with van der Waals surface area (Å²) in [7, 11) is 0. The molecule has 0 aromatic heterocycles. The summed E-state index contributed by atoms with van der Waals surface area (Å²) in [5.41, 5.74) is 0.380. The van der Waals surface area contributed by atoms with Gasteiger partial charge in [0.1, 0.15) is 11.5 Å². The molecule has 2 atom stereocenters. The predicted octanol–water partition coefficient (Wildman–Crippen LogP) is 1.02. The summed E-state index contributed by atoms with van der Waals surface area (Å²) in [5.74, 6) is -4.82. The van der Waals surface area contributed by atoms with Crippen LogP contribution in [0.15, 0.2) is 36.9 Å². The lowest BCUT2D eigenvalue weighted by molar-refractivity contribution is -0.147. The third-order valence-electron chi connectivity index (χ3n) is 3.57. The van der Waals surface area contributed by atoms with Gasteiger partial charge in [0.2, 0.25) is 0 Å². The molecule has 2 unspecified atom stereocenters. The van der Waals surface area contributed by atoms with Gasteiger partial charge >= 0.3 is 5.97 Å².